The summed E-state index contributed by atoms with van der Waals surface area (Å²) in [6, 6.07) is 0. The summed E-state index contributed by atoms with van der Waals surface area (Å²) < 4.78 is 0. The lowest BCUT2D eigenvalue weighted by Crippen LogP contribution is -2.35. The number of carbonyl (C=O) groups is 1. The van der Waals surface area contributed by atoms with Crippen molar-refractivity contribution in [3.63, 3.8) is 0 Å². The molecule has 84 valence electrons. The number of hydrogen-bond donors (Lipinski definition) is 2. The van der Waals surface area contributed by atoms with Crippen LogP contribution in [0, 0.1) is 13.8 Å². The summed E-state index contributed by atoms with van der Waals surface area (Å²) in [5, 5.41) is 4.06. The van der Waals surface area contributed by atoms with Gasteiger partial charge in [-0.15, -0.1) is 11.3 Å². The predicted molar refractivity (Wildman–Crippen MR) is 63.1 cm³/mol. The Morgan fingerprint density at radius 3 is 2.53 bits per heavy atom. The van der Waals surface area contributed by atoms with Crippen molar-refractivity contribution in [2.45, 2.75) is 39.7 Å². The molecule has 1 aromatic rings. The molecule has 1 amide bonds. The molecule has 0 aliphatic rings. The van der Waals surface area contributed by atoms with Gasteiger partial charge >= 0.3 is 0 Å². The largest absolute Gasteiger partial charge is 0.370 e. The highest BCUT2D eigenvalue weighted by atomic mass is 32.1. The number of rotatable bonds is 4. The topological polar surface area (TPSA) is 68.0 Å². The molecule has 0 spiro atoms. The van der Waals surface area contributed by atoms with E-state index in [0.717, 1.165) is 10.8 Å². The molecule has 0 radical (unpaired) electrons. The lowest BCUT2D eigenvalue weighted by atomic mass is 10.0. The number of amides is 1. The monoisotopic (exact) mass is 227 g/mol. The number of nitrogens with two attached hydrogens (primary N) is 1. The average molecular weight is 227 g/mol. The third-order valence-corrected chi connectivity index (χ3v) is 3.08. The molecule has 0 aliphatic heterocycles. The van der Waals surface area contributed by atoms with Crippen LogP contribution in [-0.4, -0.2) is 16.4 Å². The van der Waals surface area contributed by atoms with Gasteiger partial charge in [0, 0.05) is 16.8 Å². The summed E-state index contributed by atoms with van der Waals surface area (Å²) in [4.78, 5) is 16.4. The summed E-state index contributed by atoms with van der Waals surface area (Å²) >= 11 is 1.59. The van der Waals surface area contributed by atoms with Crippen LogP contribution in [0.3, 0.4) is 0 Å². The summed E-state index contributed by atoms with van der Waals surface area (Å²) in [6.45, 7) is 7.87. The second-order valence-corrected chi connectivity index (χ2v) is 5.52. The van der Waals surface area contributed by atoms with Crippen molar-refractivity contribution in [1.29, 1.82) is 0 Å². The predicted octanol–water partition coefficient (Wildman–Crippen LogP) is 1.83. The van der Waals surface area contributed by atoms with Gasteiger partial charge in [-0.3, -0.25) is 4.79 Å². The summed E-state index contributed by atoms with van der Waals surface area (Å²) in [5.41, 5.74) is 5.85. The number of nitrogens with one attached hydrogen (secondary N) is 1. The van der Waals surface area contributed by atoms with Crippen molar-refractivity contribution in [3.8, 4) is 0 Å². The number of hydrogen-bond acceptors (Lipinski definition) is 4. The first kappa shape index (κ1) is 12.0. The normalized spacial score (nSPS) is 11.5. The number of carbonyl (C=O) groups excluding carboxylic acids is 1. The van der Waals surface area contributed by atoms with Crippen LogP contribution in [0.25, 0.3) is 0 Å². The Hall–Kier alpha value is -1.10. The van der Waals surface area contributed by atoms with Crippen LogP contribution in [0.2, 0.25) is 0 Å². The molecule has 0 atom stereocenters. The standard InChI is InChI=1S/C10H17N3OS/c1-6-7(2)15-9(12-6)13-10(3,4)5-8(11)14/h5H2,1-4H3,(H2,11,14)(H,12,13). The smallest absolute Gasteiger partial charge is 0.219 e. The van der Waals surface area contributed by atoms with Gasteiger partial charge in [0.2, 0.25) is 5.91 Å². The molecule has 0 saturated carbocycles. The molecule has 0 aromatic carbocycles. The van der Waals surface area contributed by atoms with E-state index in [1.165, 1.54) is 4.88 Å². The Kier molecular flexibility index (Phi) is 3.34. The Labute approximate surface area is 93.9 Å². The number of nitrogens with zero attached hydrogens (tertiary/aromatic N) is 1. The second-order valence-electron chi connectivity index (χ2n) is 4.31. The maximum absolute atomic E-state index is 10.8. The van der Waals surface area contributed by atoms with E-state index >= 15 is 0 Å². The van der Waals surface area contributed by atoms with Crippen LogP contribution in [0.15, 0.2) is 0 Å². The fourth-order valence-corrected chi connectivity index (χ4v) is 2.29. The van der Waals surface area contributed by atoms with E-state index in [1.54, 1.807) is 11.3 Å². The van der Waals surface area contributed by atoms with Crippen LogP contribution in [0.4, 0.5) is 5.13 Å². The maximum Gasteiger partial charge on any atom is 0.219 e. The van der Waals surface area contributed by atoms with Gasteiger partial charge in [-0.25, -0.2) is 4.98 Å². The number of primary amides is 1. The lowest BCUT2D eigenvalue weighted by molar-refractivity contribution is -0.118. The molecule has 0 fully saturated rings. The van der Waals surface area contributed by atoms with Crippen molar-refractivity contribution in [1.82, 2.24) is 4.98 Å². The van der Waals surface area contributed by atoms with Crippen LogP contribution < -0.4 is 11.1 Å². The molecule has 15 heavy (non-hydrogen) atoms. The van der Waals surface area contributed by atoms with E-state index in [4.69, 9.17) is 5.73 Å². The fraction of sp³-hybridized carbons (Fsp3) is 0.600. The van der Waals surface area contributed by atoms with E-state index in [9.17, 15) is 4.79 Å². The van der Waals surface area contributed by atoms with Gasteiger partial charge < -0.3 is 11.1 Å². The van der Waals surface area contributed by atoms with Crippen LogP contribution in [0.1, 0.15) is 30.8 Å². The fourth-order valence-electron chi connectivity index (χ4n) is 1.30. The Bertz CT molecular complexity index is 351. The maximum atomic E-state index is 10.8. The van der Waals surface area contributed by atoms with Gasteiger partial charge in [-0.2, -0.15) is 0 Å². The summed E-state index contributed by atoms with van der Waals surface area (Å²) in [7, 11) is 0. The van der Waals surface area contributed by atoms with Gasteiger partial charge in [-0.1, -0.05) is 0 Å². The van der Waals surface area contributed by atoms with Gasteiger partial charge in [0.25, 0.3) is 0 Å². The molecule has 4 nitrogen and oxygen atoms in total. The third-order valence-electron chi connectivity index (χ3n) is 2.09. The van der Waals surface area contributed by atoms with Crippen molar-refractivity contribution in [3.05, 3.63) is 10.6 Å². The van der Waals surface area contributed by atoms with Gasteiger partial charge in [0.15, 0.2) is 5.13 Å². The van der Waals surface area contributed by atoms with Crippen LogP contribution in [-0.2, 0) is 4.79 Å². The van der Waals surface area contributed by atoms with E-state index in [1.807, 2.05) is 27.7 Å². The number of thiazole rings is 1. The Morgan fingerprint density at radius 2 is 2.13 bits per heavy atom. The lowest BCUT2D eigenvalue weighted by Gasteiger charge is -2.24. The minimum absolute atomic E-state index is 0.296. The second kappa shape index (κ2) is 4.18. The zero-order chi connectivity index (χ0) is 11.6. The average Bonchev–Trinajstić information content (AvgIpc) is 2.25. The highest BCUT2D eigenvalue weighted by molar-refractivity contribution is 7.15. The summed E-state index contributed by atoms with van der Waals surface area (Å²) in [5.74, 6) is -0.308. The van der Waals surface area contributed by atoms with E-state index in [2.05, 4.69) is 10.3 Å². The highest BCUT2D eigenvalue weighted by Crippen LogP contribution is 2.25. The molecule has 5 heteroatoms. The number of aryl methyl sites for hydroxylation is 2. The van der Waals surface area contributed by atoms with Gasteiger partial charge in [0.1, 0.15) is 0 Å². The number of anilines is 1. The molecule has 0 bridgehead atoms. The molecule has 0 unspecified atom stereocenters. The Balaban J connectivity index is 2.72. The molecule has 1 aromatic heterocycles. The molecule has 1 heterocycles. The quantitative estimate of drug-likeness (QED) is 0.824. The minimum atomic E-state index is -0.345. The van der Waals surface area contributed by atoms with Gasteiger partial charge in [0.05, 0.1) is 5.69 Å². The molecule has 3 N–H and O–H groups in total. The zero-order valence-electron chi connectivity index (χ0n) is 9.55. The third kappa shape index (κ3) is 3.51. The molecular formula is C10H17N3OS. The zero-order valence-corrected chi connectivity index (χ0v) is 10.4. The number of aromatic nitrogens is 1. The molecule has 0 saturated heterocycles. The van der Waals surface area contributed by atoms with Crippen LogP contribution >= 0.6 is 11.3 Å². The molecular weight excluding hydrogens is 210 g/mol. The van der Waals surface area contributed by atoms with Crippen molar-refractivity contribution >= 4 is 22.4 Å². The highest BCUT2D eigenvalue weighted by Gasteiger charge is 2.21. The molecule has 1 rings (SSSR count). The van der Waals surface area contributed by atoms with Gasteiger partial charge in [-0.05, 0) is 27.7 Å². The summed E-state index contributed by atoms with van der Waals surface area (Å²) in [6.07, 6.45) is 0.296. The van der Waals surface area contributed by atoms with Crippen molar-refractivity contribution < 1.29 is 4.79 Å². The van der Waals surface area contributed by atoms with Crippen molar-refractivity contribution in [2.24, 2.45) is 5.73 Å². The first-order valence-electron chi connectivity index (χ1n) is 4.81. The SMILES string of the molecule is Cc1nc(NC(C)(C)CC(N)=O)sc1C. The first-order chi connectivity index (χ1) is 6.80. The first-order valence-corrected chi connectivity index (χ1v) is 5.62. The minimum Gasteiger partial charge on any atom is -0.370 e. The van der Waals surface area contributed by atoms with E-state index < -0.39 is 0 Å². The molecule has 0 aliphatic carbocycles. The Morgan fingerprint density at radius 1 is 1.53 bits per heavy atom. The van der Waals surface area contributed by atoms with E-state index in [-0.39, 0.29) is 11.4 Å². The van der Waals surface area contributed by atoms with E-state index in [0.29, 0.717) is 6.42 Å². The van der Waals surface area contributed by atoms with Crippen LogP contribution in [0.5, 0.6) is 0 Å². The van der Waals surface area contributed by atoms with Crippen molar-refractivity contribution in [2.75, 3.05) is 5.32 Å².